The number of rotatable bonds is 7. The Kier molecular flexibility index (Phi) is 6.46. The highest BCUT2D eigenvalue weighted by Gasteiger charge is 2.12. The molecule has 0 saturated carbocycles. The monoisotopic (exact) mass is 265 g/mol. The predicted molar refractivity (Wildman–Crippen MR) is 70.7 cm³/mol. The van der Waals surface area contributed by atoms with Crippen molar-refractivity contribution in [3.8, 4) is 0 Å². The number of carbonyl (C=O) groups is 1. The molecule has 0 fully saturated rings. The first-order chi connectivity index (χ1) is 9.11. The standard InChI is InChI=1S/C14H16FNO3/c15-12(9-16)8-13(17)10-19-14(18)7-6-11-4-2-1-3-5-11/h1-7,9,12-13,16-17H,8,10H2/b7-6+,16-9?/t12-,13-/m0/s1. The van der Waals surface area contributed by atoms with Crippen LogP contribution < -0.4 is 0 Å². The molecule has 0 amide bonds. The van der Waals surface area contributed by atoms with Crippen LogP contribution in [0.15, 0.2) is 36.4 Å². The zero-order valence-corrected chi connectivity index (χ0v) is 10.3. The molecular formula is C14H16FNO3. The second-order valence-electron chi connectivity index (χ2n) is 3.95. The third kappa shape index (κ3) is 6.47. The van der Waals surface area contributed by atoms with Crippen molar-refractivity contribution in [1.82, 2.24) is 0 Å². The number of alkyl halides is 1. The highest BCUT2D eigenvalue weighted by atomic mass is 19.1. The van der Waals surface area contributed by atoms with E-state index in [1.165, 1.54) is 6.08 Å². The van der Waals surface area contributed by atoms with Gasteiger partial charge in [-0.15, -0.1) is 0 Å². The SMILES string of the molecule is N=C[C@@H](F)C[C@H](O)COC(=O)/C=C/c1ccccc1. The van der Waals surface area contributed by atoms with Gasteiger partial charge in [-0.1, -0.05) is 30.3 Å². The molecule has 0 aliphatic rings. The first kappa shape index (κ1) is 15.0. The molecule has 0 heterocycles. The summed E-state index contributed by atoms with van der Waals surface area (Å²) in [7, 11) is 0. The van der Waals surface area contributed by atoms with Crippen molar-refractivity contribution in [2.24, 2.45) is 0 Å². The second kappa shape index (κ2) is 8.16. The maximum absolute atomic E-state index is 12.7. The van der Waals surface area contributed by atoms with E-state index in [0.29, 0.717) is 6.21 Å². The maximum atomic E-state index is 12.7. The van der Waals surface area contributed by atoms with E-state index < -0.39 is 18.2 Å². The van der Waals surface area contributed by atoms with E-state index in [9.17, 15) is 14.3 Å². The molecule has 0 bridgehead atoms. The zero-order chi connectivity index (χ0) is 14.1. The predicted octanol–water partition coefficient (Wildman–Crippen LogP) is 1.98. The lowest BCUT2D eigenvalue weighted by molar-refractivity contribution is -0.140. The molecule has 4 nitrogen and oxygen atoms in total. The van der Waals surface area contributed by atoms with Crippen LogP contribution in [0.4, 0.5) is 4.39 Å². The highest BCUT2D eigenvalue weighted by molar-refractivity contribution is 5.87. The lowest BCUT2D eigenvalue weighted by atomic mass is 10.2. The van der Waals surface area contributed by atoms with Crippen LogP contribution in [0.25, 0.3) is 6.08 Å². The largest absolute Gasteiger partial charge is 0.460 e. The summed E-state index contributed by atoms with van der Waals surface area (Å²) in [6.45, 7) is -0.285. The van der Waals surface area contributed by atoms with Crippen molar-refractivity contribution in [2.75, 3.05) is 6.61 Å². The van der Waals surface area contributed by atoms with Gasteiger partial charge in [0.2, 0.25) is 0 Å². The van der Waals surface area contributed by atoms with Crippen molar-refractivity contribution in [3.05, 3.63) is 42.0 Å². The molecule has 19 heavy (non-hydrogen) atoms. The van der Waals surface area contributed by atoms with Gasteiger partial charge in [0.15, 0.2) is 0 Å². The normalized spacial score (nSPS) is 14.0. The molecule has 0 aliphatic carbocycles. The van der Waals surface area contributed by atoms with Crippen molar-refractivity contribution >= 4 is 18.3 Å². The summed E-state index contributed by atoms with van der Waals surface area (Å²) in [6, 6.07) is 9.20. The van der Waals surface area contributed by atoms with Crippen LogP contribution in [0, 0.1) is 5.41 Å². The summed E-state index contributed by atoms with van der Waals surface area (Å²) in [5.41, 5.74) is 0.854. The van der Waals surface area contributed by atoms with Crippen molar-refractivity contribution in [2.45, 2.75) is 18.7 Å². The number of benzene rings is 1. The number of carbonyl (C=O) groups excluding carboxylic acids is 1. The van der Waals surface area contributed by atoms with Gasteiger partial charge in [0.05, 0.1) is 6.10 Å². The zero-order valence-electron chi connectivity index (χ0n) is 10.3. The molecule has 0 radical (unpaired) electrons. The van der Waals surface area contributed by atoms with Gasteiger partial charge < -0.3 is 15.3 Å². The Morgan fingerprint density at radius 1 is 1.42 bits per heavy atom. The molecule has 0 aliphatic heterocycles. The van der Waals surface area contributed by atoms with Gasteiger partial charge in [-0.3, -0.25) is 0 Å². The fraction of sp³-hybridized carbons (Fsp3) is 0.286. The molecule has 1 aromatic carbocycles. The minimum absolute atomic E-state index is 0.251. The summed E-state index contributed by atoms with van der Waals surface area (Å²) < 4.78 is 17.5. The highest BCUT2D eigenvalue weighted by Crippen LogP contribution is 2.03. The molecule has 2 N–H and O–H groups in total. The Balaban J connectivity index is 2.32. The van der Waals surface area contributed by atoms with Gasteiger partial charge in [0, 0.05) is 18.7 Å². The van der Waals surface area contributed by atoms with Crippen LogP contribution >= 0.6 is 0 Å². The van der Waals surface area contributed by atoms with Crippen LogP contribution in [-0.4, -0.2) is 36.2 Å². The summed E-state index contributed by atoms with van der Waals surface area (Å²) >= 11 is 0. The first-order valence-electron chi connectivity index (χ1n) is 5.84. The van der Waals surface area contributed by atoms with Crippen molar-refractivity contribution in [1.29, 1.82) is 5.41 Å². The summed E-state index contributed by atoms with van der Waals surface area (Å²) in [5.74, 6) is -0.604. The lowest BCUT2D eigenvalue weighted by Gasteiger charge is -2.10. The Morgan fingerprint density at radius 3 is 2.74 bits per heavy atom. The van der Waals surface area contributed by atoms with E-state index in [0.717, 1.165) is 5.56 Å². The number of ether oxygens (including phenoxy) is 1. The Morgan fingerprint density at radius 2 is 2.11 bits per heavy atom. The molecule has 0 unspecified atom stereocenters. The number of hydrogen-bond donors (Lipinski definition) is 2. The number of nitrogens with one attached hydrogen (secondary N) is 1. The topological polar surface area (TPSA) is 70.4 Å². The van der Waals surface area contributed by atoms with E-state index in [1.54, 1.807) is 6.08 Å². The number of aliphatic hydroxyl groups is 1. The van der Waals surface area contributed by atoms with Crippen LogP contribution in [0.1, 0.15) is 12.0 Å². The summed E-state index contributed by atoms with van der Waals surface area (Å²) in [4.78, 5) is 11.3. The second-order valence-corrected chi connectivity index (χ2v) is 3.95. The van der Waals surface area contributed by atoms with Gasteiger partial charge in [0.25, 0.3) is 0 Å². The molecule has 0 aromatic heterocycles. The Bertz CT molecular complexity index is 434. The van der Waals surface area contributed by atoms with Crippen LogP contribution in [-0.2, 0) is 9.53 Å². The maximum Gasteiger partial charge on any atom is 0.330 e. The summed E-state index contributed by atoms with van der Waals surface area (Å²) in [6.07, 6.45) is 0.550. The fourth-order valence-electron chi connectivity index (χ4n) is 1.35. The van der Waals surface area contributed by atoms with E-state index in [-0.39, 0.29) is 13.0 Å². The Labute approximate surface area is 111 Å². The third-order valence-corrected chi connectivity index (χ3v) is 2.31. The molecule has 1 aromatic rings. The summed E-state index contributed by atoms with van der Waals surface area (Å²) in [5, 5.41) is 16.0. The smallest absolute Gasteiger partial charge is 0.330 e. The molecule has 2 atom stereocenters. The lowest BCUT2D eigenvalue weighted by Crippen LogP contribution is -2.22. The van der Waals surface area contributed by atoms with Gasteiger partial charge >= 0.3 is 5.97 Å². The molecule has 0 spiro atoms. The number of aliphatic hydroxyl groups excluding tert-OH is 1. The average molecular weight is 265 g/mol. The van der Waals surface area contributed by atoms with Crippen molar-refractivity contribution in [3.63, 3.8) is 0 Å². The molecule has 0 saturated heterocycles. The van der Waals surface area contributed by atoms with E-state index in [2.05, 4.69) is 0 Å². The Hall–Kier alpha value is -2.01. The van der Waals surface area contributed by atoms with E-state index in [1.807, 2.05) is 30.3 Å². The quantitative estimate of drug-likeness (QED) is 0.450. The molecule has 102 valence electrons. The average Bonchev–Trinajstić information content (AvgIpc) is 2.43. The van der Waals surface area contributed by atoms with Gasteiger partial charge in [0.1, 0.15) is 12.8 Å². The van der Waals surface area contributed by atoms with Gasteiger partial charge in [-0.2, -0.15) is 0 Å². The minimum atomic E-state index is -1.52. The number of esters is 1. The molecule has 1 rings (SSSR count). The number of hydrogen-bond acceptors (Lipinski definition) is 4. The van der Waals surface area contributed by atoms with Crippen LogP contribution in [0.2, 0.25) is 0 Å². The molecular weight excluding hydrogens is 249 g/mol. The van der Waals surface area contributed by atoms with Gasteiger partial charge in [-0.05, 0) is 11.6 Å². The first-order valence-corrected chi connectivity index (χ1v) is 5.84. The van der Waals surface area contributed by atoms with E-state index >= 15 is 0 Å². The van der Waals surface area contributed by atoms with Gasteiger partial charge in [-0.25, -0.2) is 9.18 Å². The fourth-order valence-corrected chi connectivity index (χ4v) is 1.35. The number of halogens is 1. The molecule has 5 heteroatoms. The third-order valence-electron chi connectivity index (χ3n) is 2.31. The van der Waals surface area contributed by atoms with Crippen LogP contribution in [0.3, 0.4) is 0 Å². The van der Waals surface area contributed by atoms with Crippen molar-refractivity contribution < 1.29 is 19.0 Å². The minimum Gasteiger partial charge on any atom is -0.460 e. The van der Waals surface area contributed by atoms with Crippen LogP contribution in [0.5, 0.6) is 0 Å². The van der Waals surface area contributed by atoms with E-state index in [4.69, 9.17) is 10.1 Å².